The van der Waals surface area contributed by atoms with Crippen molar-refractivity contribution in [2.75, 3.05) is 119 Å². The minimum absolute atomic E-state index is 0.428. The monoisotopic (exact) mass is 772 g/mol. The Bertz CT molecular complexity index is 1350. The molecule has 2 heterocycles. The zero-order valence-corrected chi connectivity index (χ0v) is 32.1. The Morgan fingerprint density at radius 2 is 0.760 bits per heavy atom. The molecule has 0 bridgehead atoms. The van der Waals surface area contributed by atoms with Crippen LogP contribution >= 0.6 is 44.3 Å². The highest BCUT2D eigenvalue weighted by Crippen LogP contribution is 2.45. The number of hydrogen-bond donors (Lipinski definition) is 0. The molecule has 0 amide bonds. The normalized spacial score (nSPS) is 11.6. The minimum Gasteiger partial charge on any atom is -0.489 e. The van der Waals surface area contributed by atoms with E-state index in [9.17, 15) is 0 Å². The number of fused-ring (bicyclic) bond motifs is 2. The Kier molecular flexibility index (Phi) is 21.3. The van der Waals surface area contributed by atoms with Crippen molar-refractivity contribution < 1.29 is 47.4 Å². The average Bonchev–Trinajstić information content (AvgIpc) is 3.76. The number of thiazole rings is 2. The molecule has 278 valence electrons. The lowest BCUT2D eigenvalue weighted by Gasteiger charge is -2.08. The average molecular weight is 773 g/mol. The highest BCUT2D eigenvalue weighted by Gasteiger charge is 2.14. The van der Waals surface area contributed by atoms with Gasteiger partial charge >= 0.3 is 0 Å². The molecule has 50 heavy (non-hydrogen) atoms. The molecule has 0 radical (unpaired) electrons. The highest BCUT2D eigenvalue weighted by molar-refractivity contribution is 8.77. The van der Waals surface area contributed by atoms with Crippen LogP contribution in [0.5, 0.6) is 11.5 Å². The molecule has 0 saturated carbocycles. The van der Waals surface area contributed by atoms with E-state index in [4.69, 9.17) is 57.3 Å². The summed E-state index contributed by atoms with van der Waals surface area (Å²) in [5, 5.41) is 0. The molecule has 4 rings (SSSR count). The third-order valence-electron chi connectivity index (χ3n) is 6.52. The third-order valence-corrected chi connectivity index (χ3v) is 11.5. The maximum Gasteiger partial charge on any atom is 0.162 e. The van der Waals surface area contributed by atoms with Crippen LogP contribution in [0.4, 0.5) is 0 Å². The molecule has 0 atom stereocenters. The molecule has 4 aromatic rings. The molecular formula is C34H48N2O10S4. The van der Waals surface area contributed by atoms with Gasteiger partial charge in [0.25, 0.3) is 0 Å². The van der Waals surface area contributed by atoms with E-state index in [0.29, 0.717) is 119 Å². The fourth-order valence-corrected chi connectivity index (χ4v) is 8.73. The van der Waals surface area contributed by atoms with Crippen molar-refractivity contribution in [3.8, 4) is 11.5 Å². The number of benzene rings is 2. The summed E-state index contributed by atoms with van der Waals surface area (Å²) in [6.07, 6.45) is 0. The molecule has 0 aliphatic heterocycles. The van der Waals surface area contributed by atoms with Crippen LogP contribution in [0.25, 0.3) is 20.4 Å². The van der Waals surface area contributed by atoms with Crippen LogP contribution in [0.1, 0.15) is 13.8 Å². The molecule has 0 aliphatic rings. The van der Waals surface area contributed by atoms with E-state index in [1.54, 1.807) is 44.3 Å². The van der Waals surface area contributed by atoms with E-state index in [-0.39, 0.29) is 0 Å². The molecule has 12 nitrogen and oxygen atoms in total. The van der Waals surface area contributed by atoms with Gasteiger partial charge in [0.05, 0.1) is 102 Å². The van der Waals surface area contributed by atoms with Gasteiger partial charge in [-0.15, -0.1) is 22.7 Å². The van der Waals surface area contributed by atoms with Gasteiger partial charge in [0.15, 0.2) is 8.68 Å². The van der Waals surface area contributed by atoms with Crippen LogP contribution in [0, 0.1) is 0 Å². The van der Waals surface area contributed by atoms with Gasteiger partial charge in [-0.05, 0) is 59.7 Å². The Labute approximate surface area is 310 Å². The predicted octanol–water partition coefficient (Wildman–Crippen LogP) is 6.64. The lowest BCUT2D eigenvalue weighted by atomic mass is 10.3. The van der Waals surface area contributed by atoms with Crippen molar-refractivity contribution in [1.82, 2.24) is 9.97 Å². The Hall–Kier alpha value is -1.80. The van der Waals surface area contributed by atoms with Gasteiger partial charge in [-0.1, -0.05) is 12.1 Å². The summed E-state index contributed by atoms with van der Waals surface area (Å²) in [7, 11) is 3.18. The standard InChI is InChI=1S/C34H48N2O10S4/c1-3-37-11-13-39-15-17-41-19-21-43-23-25-45-27-7-5-9-29-31(27)35-33(47-29)49-50-34-36-32-28(8-6-10-30(32)48-34)46-26-24-44-22-20-42-18-16-40-14-12-38-4-2/h5-10H,3-4,11-26H2,1-2H3. The summed E-state index contributed by atoms with van der Waals surface area (Å²) in [5.74, 6) is 1.49. The largest absolute Gasteiger partial charge is 0.489 e. The lowest BCUT2D eigenvalue weighted by molar-refractivity contribution is -0.00338. The molecule has 0 saturated heterocycles. The second-order valence-corrected chi connectivity index (χ2v) is 14.8. The van der Waals surface area contributed by atoms with Crippen LogP contribution in [-0.4, -0.2) is 129 Å². The van der Waals surface area contributed by atoms with E-state index >= 15 is 0 Å². The van der Waals surface area contributed by atoms with Crippen LogP contribution in [0.15, 0.2) is 45.1 Å². The summed E-state index contributed by atoms with van der Waals surface area (Å²) < 4.78 is 59.7. The molecule has 2 aromatic heterocycles. The first-order valence-electron chi connectivity index (χ1n) is 16.8. The Balaban J connectivity index is 1.10. The quantitative estimate of drug-likeness (QED) is 0.0402. The maximum atomic E-state index is 6.01. The number of rotatable bonds is 31. The number of hydrogen-bond acceptors (Lipinski definition) is 16. The highest BCUT2D eigenvalue weighted by atomic mass is 33.1. The first-order valence-corrected chi connectivity index (χ1v) is 20.6. The molecule has 0 unspecified atom stereocenters. The number of aromatic nitrogens is 2. The van der Waals surface area contributed by atoms with E-state index in [1.807, 2.05) is 38.1 Å². The van der Waals surface area contributed by atoms with Gasteiger partial charge in [-0.3, -0.25) is 0 Å². The molecule has 0 spiro atoms. The number of para-hydroxylation sites is 2. The zero-order valence-electron chi connectivity index (χ0n) is 28.8. The topological polar surface area (TPSA) is 118 Å². The first kappa shape index (κ1) is 41.0. The fraction of sp³-hybridized carbons (Fsp3) is 0.588. The van der Waals surface area contributed by atoms with Gasteiger partial charge in [0, 0.05) is 13.2 Å². The van der Waals surface area contributed by atoms with Gasteiger partial charge in [-0.25, -0.2) is 9.97 Å². The molecule has 0 aliphatic carbocycles. The van der Waals surface area contributed by atoms with Crippen molar-refractivity contribution in [3.05, 3.63) is 36.4 Å². The minimum atomic E-state index is 0.428. The Morgan fingerprint density at radius 1 is 0.440 bits per heavy atom. The van der Waals surface area contributed by atoms with E-state index in [0.717, 1.165) is 40.6 Å². The first-order chi connectivity index (χ1) is 24.8. The van der Waals surface area contributed by atoms with Gasteiger partial charge in [0.2, 0.25) is 0 Å². The lowest BCUT2D eigenvalue weighted by Crippen LogP contribution is -2.13. The van der Waals surface area contributed by atoms with Gasteiger partial charge in [0.1, 0.15) is 35.7 Å². The van der Waals surface area contributed by atoms with Crippen LogP contribution < -0.4 is 9.47 Å². The molecular weight excluding hydrogens is 725 g/mol. The van der Waals surface area contributed by atoms with Crippen molar-refractivity contribution in [3.63, 3.8) is 0 Å². The summed E-state index contributed by atoms with van der Waals surface area (Å²) in [6.45, 7) is 13.7. The maximum absolute atomic E-state index is 6.01. The van der Waals surface area contributed by atoms with E-state index in [1.165, 1.54) is 0 Å². The van der Waals surface area contributed by atoms with Crippen LogP contribution in [0.2, 0.25) is 0 Å². The summed E-state index contributed by atoms with van der Waals surface area (Å²) in [5.41, 5.74) is 1.70. The summed E-state index contributed by atoms with van der Waals surface area (Å²) >= 11 is 3.27. The van der Waals surface area contributed by atoms with Crippen molar-refractivity contribution in [1.29, 1.82) is 0 Å². The van der Waals surface area contributed by atoms with Crippen LogP contribution in [-0.2, 0) is 37.9 Å². The third kappa shape index (κ3) is 15.8. The van der Waals surface area contributed by atoms with Crippen molar-refractivity contribution >= 4 is 64.7 Å². The predicted molar refractivity (Wildman–Crippen MR) is 200 cm³/mol. The summed E-state index contributed by atoms with van der Waals surface area (Å²) in [6, 6.07) is 12.0. The second kappa shape index (κ2) is 26.0. The van der Waals surface area contributed by atoms with E-state index in [2.05, 4.69) is 12.1 Å². The zero-order chi connectivity index (χ0) is 34.9. The van der Waals surface area contributed by atoms with Gasteiger partial charge in [-0.2, -0.15) is 0 Å². The fourth-order valence-electron chi connectivity index (χ4n) is 4.21. The summed E-state index contributed by atoms with van der Waals surface area (Å²) in [4.78, 5) is 9.70. The second-order valence-electron chi connectivity index (χ2n) is 10.1. The molecule has 0 fully saturated rings. The van der Waals surface area contributed by atoms with Crippen molar-refractivity contribution in [2.24, 2.45) is 0 Å². The number of ether oxygens (including phenoxy) is 10. The molecule has 16 heteroatoms. The smallest absolute Gasteiger partial charge is 0.162 e. The molecule has 2 aromatic carbocycles. The van der Waals surface area contributed by atoms with Crippen LogP contribution in [0.3, 0.4) is 0 Å². The van der Waals surface area contributed by atoms with Crippen molar-refractivity contribution in [2.45, 2.75) is 22.5 Å². The van der Waals surface area contributed by atoms with Gasteiger partial charge < -0.3 is 47.4 Å². The van der Waals surface area contributed by atoms with E-state index < -0.39 is 0 Å². The number of nitrogens with zero attached hydrogens (tertiary/aromatic N) is 2. The SMILES string of the molecule is CCOCCOCCOCCOCCOc1cccc2sc(SSc3nc4c(OCCOCCOCCOCCOCC)cccc4s3)nc12. The molecule has 0 N–H and O–H groups in total. The Morgan fingerprint density at radius 3 is 1.10 bits per heavy atom.